The van der Waals surface area contributed by atoms with E-state index in [0.717, 1.165) is 55.8 Å². The molecule has 0 amide bonds. The van der Waals surface area contributed by atoms with Crippen LogP contribution in [0.15, 0.2) is 33.5 Å². The second-order valence-corrected chi connectivity index (χ2v) is 7.71. The van der Waals surface area contributed by atoms with E-state index in [1.54, 1.807) is 0 Å². The highest BCUT2D eigenvalue weighted by atomic mass is 79.9. The van der Waals surface area contributed by atoms with Crippen LogP contribution in [0, 0.1) is 20.8 Å². The first kappa shape index (κ1) is 16.4. The van der Waals surface area contributed by atoms with E-state index in [-0.39, 0.29) is 0 Å². The second kappa shape index (κ2) is 5.88. The lowest BCUT2D eigenvalue weighted by Crippen LogP contribution is -2.06. The molecule has 0 N–H and O–H groups in total. The summed E-state index contributed by atoms with van der Waals surface area (Å²) in [5.74, 6) is 2.43. The summed E-state index contributed by atoms with van der Waals surface area (Å²) in [7, 11) is 0. The van der Waals surface area contributed by atoms with Gasteiger partial charge in [0.25, 0.3) is 0 Å². The number of aryl methyl sites for hydroxylation is 3. The molecule has 5 rings (SSSR count). The Morgan fingerprint density at radius 1 is 1.19 bits per heavy atom. The first-order valence-corrected chi connectivity index (χ1v) is 9.49. The molecule has 1 aliphatic rings. The van der Waals surface area contributed by atoms with Gasteiger partial charge in [0, 0.05) is 22.0 Å². The standard InChI is InChI=1S/C19H17BrN6O/c1-10-14(12(3)27-24-10)7-18-22-19-15-6-13(20)4-5-16(15)25-9-21-11(2)17(25)8-26(19)23-18/h4-6,9H,7-8H2,1-3H3. The molecule has 7 nitrogen and oxygen atoms in total. The minimum absolute atomic E-state index is 0.600. The van der Waals surface area contributed by atoms with Gasteiger partial charge in [0.05, 0.1) is 35.6 Å². The Hall–Kier alpha value is -2.74. The molecule has 4 aromatic rings. The second-order valence-electron chi connectivity index (χ2n) is 6.80. The highest BCUT2D eigenvalue weighted by molar-refractivity contribution is 9.10. The maximum Gasteiger partial charge on any atom is 0.160 e. The minimum atomic E-state index is 0.600. The first-order chi connectivity index (χ1) is 13.0. The Morgan fingerprint density at radius 2 is 2.04 bits per heavy atom. The van der Waals surface area contributed by atoms with Crippen LogP contribution in [0.4, 0.5) is 0 Å². The molecule has 136 valence electrons. The van der Waals surface area contributed by atoms with E-state index in [4.69, 9.17) is 14.6 Å². The van der Waals surface area contributed by atoms with E-state index in [9.17, 15) is 0 Å². The fourth-order valence-corrected chi connectivity index (χ4v) is 3.95. The number of benzene rings is 1. The Balaban J connectivity index is 1.68. The van der Waals surface area contributed by atoms with Crippen molar-refractivity contribution in [3.05, 3.63) is 63.2 Å². The topological polar surface area (TPSA) is 74.6 Å². The van der Waals surface area contributed by atoms with E-state index in [2.05, 4.69) is 42.8 Å². The van der Waals surface area contributed by atoms with Gasteiger partial charge in [-0.05, 0) is 39.0 Å². The number of rotatable bonds is 2. The van der Waals surface area contributed by atoms with Gasteiger partial charge in [0.2, 0.25) is 0 Å². The molecule has 0 unspecified atom stereocenters. The molecule has 0 aliphatic carbocycles. The first-order valence-electron chi connectivity index (χ1n) is 8.70. The lowest BCUT2D eigenvalue weighted by atomic mass is 10.1. The van der Waals surface area contributed by atoms with Crippen LogP contribution in [0.3, 0.4) is 0 Å². The lowest BCUT2D eigenvalue weighted by molar-refractivity contribution is 0.392. The van der Waals surface area contributed by atoms with Crippen molar-refractivity contribution in [3.8, 4) is 17.1 Å². The van der Waals surface area contributed by atoms with Crippen LogP contribution in [-0.4, -0.2) is 29.5 Å². The zero-order valence-electron chi connectivity index (χ0n) is 15.2. The number of imidazole rings is 1. The van der Waals surface area contributed by atoms with Crippen molar-refractivity contribution in [1.82, 2.24) is 29.5 Å². The Labute approximate surface area is 164 Å². The number of fused-ring (bicyclic) bond motifs is 5. The van der Waals surface area contributed by atoms with Crippen molar-refractivity contribution >= 4 is 15.9 Å². The highest BCUT2D eigenvalue weighted by Gasteiger charge is 2.24. The fraction of sp³-hybridized carbons (Fsp3) is 0.263. The predicted octanol–water partition coefficient (Wildman–Crippen LogP) is 3.76. The summed E-state index contributed by atoms with van der Waals surface area (Å²) in [4.78, 5) is 9.36. The smallest absolute Gasteiger partial charge is 0.160 e. The molecule has 1 aromatic carbocycles. The summed E-state index contributed by atoms with van der Waals surface area (Å²) in [6.07, 6.45) is 2.47. The lowest BCUT2D eigenvalue weighted by Gasteiger charge is -2.08. The third kappa shape index (κ3) is 2.55. The minimum Gasteiger partial charge on any atom is -0.361 e. The molecular formula is C19H17BrN6O. The SMILES string of the molecule is Cc1noc(C)c1Cc1nc2n(n1)Cc1c(C)ncn1-c1ccc(Br)cc1-2. The zero-order valence-corrected chi connectivity index (χ0v) is 16.8. The summed E-state index contributed by atoms with van der Waals surface area (Å²) in [6.45, 7) is 6.52. The van der Waals surface area contributed by atoms with E-state index in [1.807, 2.05) is 37.8 Å². The van der Waals surface area contributed by atoms with Crippen molar-refractivity contribution < 1.29 is 4.52 Å². The third-order valence-electron chi connectivity index (χ3n) is 5.07. The van der Waals surface area contributed by atoms with Crippen molar-refractivity contribution in [2.24, 2.45) is 0 Å². The van der Waals surface area contributed by atoms with Gasteiger partial charge in [-0.2, -0.15) is 5.10 Å². The van der Waals surface area contributed by atoms with Crippen LogP contribution >= 0.6 is 15.9 Å². The van der Waals surface area contributed by atoms with Gasteiger partial charge in [-0.3, -0.25) is 0 Å². The molecule has 0 saturated carbocycles. The van der Waals surface area contributed by atoms with Crippen molar-refractivity contribution in [3.63, 3.8) is 0 Å². The van der Waals surface area contributed by atoms with Crippen molar-refractivity contribution in [2.45, 2.75) is 33.7 Å². The number of hydrogen-bond donors (Lipinski definition) is 0. The summed E-state index contributed by atoms with van der Waals surface area (Å²) in [6, 6.07) is 6.21. The molecule has 0 radical (unpaired) electrons. The summed E-state index contributed by atoms with van der Waals surface area (Å²) < 4.78 is 10.4. The van der Waals surface area contributed by atoms with E-state index < -0.39 is 0 Å². The van der Waals surface area contributed by atoms with Crippen LogP contribution in [0.5, 0.6) is 0 Å². The Kier molecular flexibility index (Phi) is 3.58. The summed E-state index contributed by atoms with van der Waals surface area (Å²) in [5, 5.41) is 8.83. The van der Waals surface area contributed by atoms with Crippen molar-refractivity contribution in [1.29, 1.82) is 0 Å². The molecule has 4 heterocycles. The molecular weight excluding hydrogens is 408 g/mol. The average molecular weight is 425 g/mol. The molecule has 8 heteroatoms. The van der Waals surface area contributed by atoms with Crippen LogP contribution < -0.4 is 0 Å². The normalized spacial score (nSPS) is 12.4. The maximum atomic E-state index is 5.28. The average Bonchev–Trinajstić information content (AvgIpc) is 3.28. The molecule has 27 heavy (non-hydrogen) atoms. The van der Waals surface area contributed by atoms with E-state index in [0.29, 0.717) is 13.0 Å². The number of nitrogens with zero attached hydrogens (tertiary/aromatic N) is 6. The molecule has 0 bridgehead atoms. The van der Waals surface area contributed by atoms with Crippen LogP contribution in [0.25, 0.3) is 17.1 Å². The number of aromatic nitrogens is 6. The van der Waals surface area contributed by atoms with E-state index in [1.165, 1.54) is 0 Å². The van der Waals surface area contributed by atoms with Crippen LogP contribution in [0.1, 0.15) is 34.2 Å². The highest BCUT2D eigenvalue weighted by Crippen LogP contribution is 2.33. The van der Waals surface area contributed by atoms with Crippen LogP contribution in [-0.2, 0) is 13.0 Å². The molecule has 0 atom stereocenters. The van der Waals surface area contributed by atoms with Gasteiger partial charge < -0.3 is 9.09 Å². The number of hydrogen-bond acceptors (Lipinski definition) is 5. The van der Waals surface area contributed by atoms with Gasteiger partial charge in [0.1, 0.15) is 5.76 Å². The fourth-order valence-electron chi connectivity index (χ4n) is 3.59. The maximum absolute atomic E-state index is 5.28. The van der Waals surface area contributed by atoms with Gasteiger partial charge in [-0.1, -0.05) is 21.1 Å². The molecule has 0 fully saturated rings. The zero-order chi connectivity index (χ0) is 18.7. The molecule has 1 aliphatic heterocycles. The van der Waals surface area contributed by atoms with Crippen molar-refractivity contribution in [2.75, 3.05) is 0 Å². The molecule has 3 aromatic heterocycles. The Bertz CT molecular complexity index is 1170. The largest absolute Gasteiger partial charge is 0.361 e. The Morgan fingerprint density at radius 3 is 2.81 bits per heavy atom. The molecule has 0 saturated heterocycles. The van der Waals surface area contributed by atoms with Gasteiger partial charge >= 0.3 is 0 Å². The molecule has 0 spiro atoms. The van der Waals surface area contributed by atoms with Gasteiger partial charge in [0.15, 0.2) is 11.6 Å². The third-order valence-corrected chi connectivity index (χ3v) is 5.56. The van der Waals surface area contributed by atoms with Crippen LogP contribution in [0.2, 0.25) is 0 Å². The monoisotopic (exact) mass is 424 g/mol. The van der Waals surface area contributed by atoms with E-state index >= 15 is 0 Å². The summed E-state index contributed by atoms with van der Waals surface area (Å²) in [5.41, 5.74) is 6.13. The summed E-state index contributed by atoms with van der Waals surface area (Å²) >= 11 is 3.58. The van der Waals surface area contributed by atoms with Gasteiger partial charge in [-0.15, -0.1) is 0 Å². The quantitative estimate of drug-likeness (QED) is 0.431. The van der Waals surface area contributed by atoms with Gasteiger partial charge in [-0.25, -0.2) is 14.6 Å². The number of halogens is 1. The predicted molar refractivity (Wildman–Crippen MR) is 103 cm³/mol.